The molecule has 2 aromatic heterocycles. The summed E-state index contributed by atoms with van der Waals surface area (Å²) in [4.78, 5) is 19.3. The number of H-pyrrole nitrogens is 1. The highest BCUT2D eigenvalue weighted by atomic mass is 16.5. The van der Waals surface area contributed by atoms with E-state index in [4.69, 9.17) is 4.74 Å². The molecule has 4 heteroatoms. The number of pyridine rings is 1. The van der Waals surface area contributed by atoms with Gasteiger partial charge in [0.15, 0.2) is 0 Å². The van der Waals surface area contributed by atoms with Crippen molar-refractivity contribution >= 4 is 16.9 Å². The number of hydrogen-bond donors (Lipinski definition) is 1. The minimum Gasteiger partial charge on any atom is -0.462 e. The third-order valence-corrected chi connectivity index (χ3v) is 3.11. The molecule has 0 spiro atoms. The first-order chi connectivity index (χ1) is 9.78. The van der Waals surface area contributed by atoms with Crippen LogP contribution in [0.3, 0.4) is 0 Å². The number of esters is 1. The van der Waals surface area contributed by atoms with Crippen molar-refractivity contribution in [1.29, 1.82) is 0 Å². The van der Waals surface area contributed by atoms with Crippen LogP contribution in [0.25, 0.3) is 22.2 Å². The van der Waals surface area contributed by atoms with Crippen LogP contribution in [0.15, 0.2) is 48.8 Å². The first kappa shape index (κ1) is 12.4. The van der Waals surface area contributed by atoms with Crippen molar-refractivity contribution in [2.24, 2.45) is 0 Å². The highest BCUT2D eigenvalue weighted by Gasteiger charge is 2.08. The molecule has 0 aliphatic heterocycles. The van der Waals surface area contributed by atoms with Gasteiger partial charge in [-0.2, -0.15) is 0 Å². The van der Waals surface area contributed by atoms with E-state index in [1.54, 1.807) is 19.1 Å². The van der Waals surface area contributed by atoms with E-state index in [0.29, 0.717) is 12.2 Å². The minimum atomic E-state index is -0.310. The van der Waals surface area contributed by atoms with Crippen molar-refractivity contribution < 1.29 is 9.53 Å². The zero-order valence-corrected chi connectivity index (χ0v) is 11.1. The van der Waals surface area contributed by atoms with Crippen LogP contribution < -0.4 is 0 Å². The first-order valence-electron chi connectivity index (χ1n) is 6.48. The van der Waals surface area contributed by atoms with Crippen LogP contribution >= 0.6 is 0 Å². The number of ether oxygens (including phenoxy) is 1. The number of aromatic nitrogens is 2. The number of carbonyl (C=O) groups is 1. The fourth-order valence-corrected chi connectivity index (χ4v) is 2.12. The van der Waals surface area contributed by atoms with E-state index in [-0.39, 0.29) is 5.97 Å². The molecule has 20 heavy (non-hydrogen) atoms. The van der Waals surface area contributed by atoms with Gasteiger partial charge < -0.3 is 9.72 Å². The maximum absolute atomic E-state index is 11.8. The lowest BCUT2D eigenvalue weighted by Crippen LogP contribution is -2.04. The van der Waals surface area contributed by atoms with Crippen LogP contribution in [0, 0.1) is 0 Å². The number of aromatic amines is 1. The van der Waals surface area contributed by atoms with Crippen LogP contribution in [0.5, 0.6) is 0 Å². The third-order valence-electron chi connectivity index (χ3n) is 3.11. The molecule has 1 aromatic carbocycles. The van der Waals surface area contributed by atoms with Crippen molar-refractivity contribution in [3.8, 4) is 11.3 Å². The Labute approximate surface area is 116 Å². The lowest BCUT2D eigenvalue weighted by molar-refractivity contribution is 0.0526. The number of benzene rings is 1. The summed E-state index contributed by atoms with van der Waals surface area (Å²) in [5, 5.41) is 1.07. The smallest absolute Gasteiger partial charge is 0.338 e. The van der Waals surface area contributed by atoms with E-state index in [9.17, 15) is 4.79 Å². The number of rotatable bonds is 3. The van der Waals surface area contributed by atoms with Crippen molar-refractivity contribution in [2.75, 3.05) is 6.61 Å². The minimum absolute atomic E-state index is 0.310. The topological polar surface area (TPSA) is 55.0 Å². The van der Waals surface area contributed by atoms with Crippen molar-refractivity contribution in [2.45, 2.75) is 6.92 Å². The Morgan fingerprint density at radius 3 is 3.05 bits per heavy atom. The van der Waals surface area contributed by atoms with Gasteiger partial charge in [-0.3, -0.25) is 4.98 Å². The molecule has 0 atom stereocenters. The summed E-state index contributed by atoms with van der Waals surface area (Å²) in [5.74, 6) is -0.310. The Morgan fingerprint density at radius 1 is 1.30 bits per heavy atom. The molecule has 4 nitrogen and oxygen atoms in total. The molecule has 0 radical (unpaired) electrons. The Morgan fingerprint density at radius 2 is 2.20 bits per heavy atom. The van der Waals surface area contributed by atoms with Crippen molar-refractivity contribution in [1.82, 2.24) is 9.97 Å². The molecule has 2 heterocycles. The lowest BCUT2D eigenvalue weighted by Gasteiger charge is -2.05. The van der Waals surface area contributed by atoms with Crippen molar-refractivity contribution in [3.05, 3.63) is 54.4 Å². The van der Waals surface area contributed by atoms with E-state index >= 15 is 0 Å². The summed E-state index contributed by atoms with van der Waals surface area (Å²) in [7, 11) is 0. The quantitative estimate of drug-likeness (QED) is 0.739. The van der Waals surface area contributed by atoms with Gasteiger partial charge in [0.25, 0.3) is 0 Å². The molecule has 100 valence electrons. The second-order valence-corrected chi connectivity index (χ2v) is 4.44. The molecular formula is C16H14N2O2. The second kappa shape index (κ2) is 5.17. The number of carbonyl (C=O) groups excluding carboxylic acids is 1. The molecule has 3 rings (SSSR count). The molecule has 3 aromatic rings. The van der Waals surface area contributed by atoms with Gasteiger partial charge in [-0.25, -0.2) is 4.79 Å². The zero-order chi connectivity index (χ0) is 13.9. The predicted molar refractivity (Wildman–Crippen MR) is 77.5 cm³/mol. The van der Waals surface area contributed by atoms with Crippen LogP contribution in [-0.4, -0.2) is 22.5 Å². The van der Waals surface area contributed by atoms with E-state index in [1.807, 2.05) is 36.7 Å². The van der Waals surface area contributed by atoms with Crippen LogP contribution in [0.1, 0.15) is 17.3 Å². The maximum Gasteiger partial charge on any atom is 0.338 e. The van der Waals surface area contributed by atoms with Gasteiger partial charge in [0.05, 0.1) is 17.9 Å². The number of fused-ring (bicyclic) bond motifs is 1. The van der Waals surface area contributed by atoms with Crippen LogP contribution in [-0.2, 0) is 4.74 Å². The average Bonchev–Trinajstić information content (AvgIpc) is 2.95. The molecule has 0 fully saturated rings. The van der Waals surface area contributed by atoms with E-state index in [0.717, 1.165) is 22.2 Å². The molecule has 0 bridgehead atoms. The van der Waals surface area contributed by atoms with E-state index in [2.05, 4.69) is 9.97 Å². The summed E-state index contributed by atoms with van der Waals surface area (Å²) >= 11 is 0. The van der Waals surface area contributed by atoms with Gasteiger partial charge >= 0.3 is 5.97 Å². The van der Waals surface area contributed by atoms with Crippen molar-refractivity contribution in [3.63, 3.8) is 0 Å². The summed E-state index contributed by atoms with van der Waals surface area (Å²) in [6.07, 6.45) is 3.70. The summed E-state index contributed by atoms with van der Waals surface area (Å²) < 4.78 is 5.01. The molecule has 0 unspecified atom stereocenters. The molecule has 1 N–H and O–H groups in total. The number of nitrogens with zero attached hydrogens (tertiary/aromatic N) is 1. The Balaban J connectivity index is 2.00. The molecule has 0 aliphatic rings. The summed E-state index contributed by atoms with van der Waals surface area (Å²) in [5.41, 5.74) is 3.28. The van der Waals surface area contributed by atoms with E-state index < -0.39 is 0 Å². The monoisotopic (exact) mass is 266 g/mol. The number of hydrogen-bond acceptors (Lipinski definition) is 3. The normalized spacial score (nSPS) is 10.7. The highest BCUT2D eigenvalue weighted by molar-refractivity contribution is 5.91. The van der Waals surface area contributed by atoms with Gasteiger partial charge in [0, 0.05) is 28.9 Å². The zero-order valence-electron chi connectivity index (χ0n) is 11.1. The predicted octanol–water partition coefficient (Wildman–Crippen LogP) is 3.41. The summed E-state index contributed by atoms with van der Waals surface area (Å²) in [6, 6.07) is 11.3. The first-order valence-corrected chi connectivity index (χ1v) is 6.48. The fraction of sp³-hybridized carbons (Fsp3) is 0.125. The van der Waals surface area contributed by atoms with Crippen LogP contribution in [0.2, 0.25) is 0 Å². The molecule has 0 aliphatic carbocycles. The third kappa shape index (κ3) is 2.28. The molecular weight excluding hydrogens is 252 g/mol. The molecule has 0 amide bonds. The largest absolute Gasteiger partial charge is 0.462 e. The summed E-state index contributed by atoms with van der Waals surface area (Å²) in [6.45, 7) is 2.16. The van der Waals surface area contributed by atoms with Gasteiger partial charge in [-0.05, 0) is 31.2 Å². The lowest BCUT2D eigenvalue weighted by atomic mass is 10.1. The maximum atomic E-state index is 11.8. The Kier molecular flexibility index (Phi) is 3.21. The Bertz CT molecular complexity index is 762. The van der Waals surface area contributed by atoms with E-state index in [1.165, 1.54) is 0 Å². The average molecular weight is 266 g/mol. The van der Waals surface area contributed by atoms with Gasteiger partial charge in [0.2, 0.25) is 0 Å². The van der Waals surface area contributed by atoms with Gasteiger partial charge in [-0.1, -0.05) is 12.1 Å². The SMILES string of the molecule is CCOC(=O)c1cccc(-c2cc3[nH]ccc3cn2)c1. The second-order valence-electron chi connectivity index (χ2n) is 4.44. The fourth-order valence-electron chi connectivity index (χ4n) is 2.12. The van der Waals surface area contributed by atoms with Gasteiger partial charge in [0.1, 0.15) is 0 Å². The van der Waals surface area contributed by atoms with Gasteiger partial charge in [-0.15, -0.1) is 0 Å². The highest BCUT2D eigenvalue weighted by Crippen LogP contribution is 2.22. The molecule has 0 saturated carbocycles. The standard InChI is InChI=1S/C16H14N2O2/c1-2-20-16(19)12-5-3-4-11(8-12)14-9-15-13(10-18-14)6-7-17-15/h3-10,17H,2H2,1H3. The van der Waals surface area contributed by atoms with Crippen LogP contribution in [0.4, 0.5) is 0 Å². The molecule has 0 saturated heterocycles. The number of nitrogens with one attached hydrogen (secondary N) is 1. The Hall–Kier alpha value is -2.62.